The number of nitrogens with zero attached hydrogens (tertiary/aromatic N) is 4. The lowest BCUT2D eigenvalue weighted by atomic mass is 10.0. The maximum absolute atomic E-state index is 5.86. The molecule has 3 heterocycles. The predicted molar refractivity (Wildman–Crippen MR) is 93.0 cm³/mol. The second-order valence-corrected chi connectivity index (χ2v) is 6.86. The third-order valence-electron chi connectivity index (χ3n) is 4.79. The number of ether oxygens (including phenoxy) is 1. The predicted octanol–water partition coefficient (Wildman–Crippen LogP) is 1.99. The Labute approximate surface area is 139 Å². The van der Waals surface area contributed by atoms with Gasteiger partial charge in [-0.3, -0.25) is 0 Å². The van der Waals surface area contributed by atoms with Crippen LogP contribution in [0, 0.1) is 0 Å². The molecule has 0 bridgehead atoms. The summed E-state index contributed by atoms with van der Waals surface area (Å²) in [5.74, 6) is 1.87. The van der Waals surface area contributed by atoms with Gasteiger partial charge in [-0.2, -0.15) is 0 Å². The fourth-order valence-electron chi connectivity index (χ4n) is 3.38. The van der Waals surface area contributed by atoms with E-state index in [1.165, 1.54) is 19.3 Å². The number of hydrogen-bond acceptors (Lipinski definition) is 6. The van der Waals surface area contributed by atoms with Crippen LogP contribution in [0.2, 0.25) is 0 Å². The topological polar surface area (TPSA) is 53.5 Å². The highest BCUT2D eigenvalue weighted by Gasteiger charge is 2.23. The quantitative estimate of drug-likeness (QED) is 0.896. The summed E-state index contributed by atoms with van der Waals surface area (Å²) >= 11 is 0. The van der Waals surface area contributed by atoms with E-state index < -0.39 is 0 Å². The Morgan fingerprint density at radius 2 is 2.04 bits per heavy atom. The summed E-state index contributed by atoms with van der Waals surface area (Å²) in [6.45, 7) is 4.34. The third kappa shape index (κ3) is 4.78. The van der Waals surface area contributed by atoms with Crippen LogP contribution in [-0.4, -0.2) is 67.4 Å². The van der Waals surface area contributed by atoms with Crippen LogP contribution in [0.1, 0.15) is 32.1 Å². The second-order valence-electron chi connectivity index (χ2n) is 6.86. The Hall–Kier alpha value is -1.40. The van der Waals surface area contributed by atoms with Gasteiger partial charge in [-0.25, -0.2) is 9.97 Å². The van der Waals surface area contributed by atoms with Gasteiger partial charge >= 0.3 is 0 Å². The molecule has 1 aromatic rings. The van der Waals surface area contributed by atoms with E-state index >= 15 is 0 Å². The number of hydrogen-bond donors (Lipinski definition) is 1. The van der Waals surface area contributed by atoms with Gasteiger partial charge < -0.3 is 19.9 Å². The van der Waals surface area contributed by atoms with Crippen molar-refractivity contribution in [3.8, 4) is 0 Å². The monoisotopic (exact) mass is 319 g/mol. The number of likely N-dealkylation sites (tertiary alicyclic amines) is 1. The highest BCUT2D eigenvalue weighted by Crippen LogP contribution is 2.20. The van der Waals surface area contributed by atoms with Crippen LogP contribution in [-0.2, 0) is 4.74 Å². The zero-order valence-electron chi connectivity index (χ0n) is 14.4. The molecule has 2 aliphatic heterocycles. The molecular weight excluding hydrogens is 290 g/mol. The van der Waals surface area contributed by atoms with Gasteiger partial charge in [-0.15, -0.1) is 0 Å². The first-order valence-electron chi connectivity index (χ1n) is 8.80. The minimum absolute atomic E-state index is 0.456. The Bertz CT molecular complexity index is 482. The van der Waals surface area contributed by atoms with E-state index in [0.29, 0.717) is 12.1 Å². The van der Waals surface area contributed by atoms with Gasteiger partial charge in [0.05, 0.1) is 6.10 Å². The fourth-order valence-corrected chi connectivity index (χ4v) is 3.38. The molecule has 0 aromatic carbocycles. The summed E-state index contributed by atoms with van der Waals surface area (Å²) < 4.78 is 5.86. The van der Waals surface area contributed by atoms with E-state index in [-0.39, 0.29) is 0 Å². The minimum Gasteiger partial charge on any atom is -0.377 e. The van der Waals surface area contributed by atoms with Crippen molar-refractivity contribution in [3.63, 3.8) is 0 Å². The van der Waals surface area contributed by atoms with Crippen molar-refractivity contribution >= 4 is 11.6 Å². The molecule has 0 aliphatic carbocycles. The first kappa shape index (κ1) is 16.5. The molecule has 0 saturated carbocycles. The van der Waals surface area contributed by atoms with E-state index in [2.05, 4.69) is 20.2 Å². The van der Waals surface area contributed by atoms with Crippen LogP contribution in [0.15, 0.2) is 12.4 Å². The minimum atomic E-state index is 0.456. The number of piperidine rings is 1. The van der Waals surface area contributed by atoms with Gasteiger partial charge in [-0.1, -0.05) is 0 Å². The van der Waals surface area contributed by atoms with Crippen LogP contribution in [0.25, 0.3) is 0 Å². The summed E-state index contributed by atoms with van der Waals surface area (Å²) in [4.78, 5) is 13.2. The molecule has 2 fully saturated rings. The van der Waals surface area contributed by atoms with Gasteiger partial charge in [0, 0.05) is 52.4 Å². The molecule has 0 amide bonds. The molecule has 1 aromatic heterocycles. The molecule has 6 heteroatoms. The van der Waals surface area contributed by atoms with Crippen molar-refractivity contribution in [1.29, 1.82) is 0 Å². The van der Waals surface area contributed by atoms with Crippen molar-refractivity contribution in [1.82, 2.24) is 14.9 Å². The molecule has 1 N–H and O–H groups in total. The van der Waals surface area contributed by atoms with Gasteiger partial charge in [0.25, 0.3) is 0 Å². The van der Waals surface area contributed by atoms with Crippen molar-refractivity contribution in [3.05, 3.63) is 12.4 Å². The van der Waals surface area contributed by atoms with Crippen LogP contribution in [0.3, 0.4) is 0 Å². The number of nitrogens with one attached hydrogen (secondary N) is 1. The lowest BCUT2D eigenvalue weighted by Crippen LogP contribution is -2.43. The highest BCUT2D eigenvalue weighted by atomic mass is 16.5. The largest absolute Gasteiger partial charge is 0.377 e. The van der Waals surface area contributed by atoms with Crippen LogP contribution in [0.5, 0.6) is 0 Å². The molecule has 23 heavy (non-hydrogen) atoms. The lowest BCUT2D eigenvalue weighted by molar-refractivity contribution is -0.00906. The maximum Gasteiger partial charge on any atom is 0.133 e. The SMILES string of the molecule is CN(C)c1cc(NC2CCN(CC3CCCCO3)CC2)ncn1. The first-order valence-corrected chi connectivity index (χ1v) is 8.80. The highest BCUT2D eigenvalue weighted by molar-refractivity contribution is 5.47. The summed E-state index contributed by atoms with van der Waals surface area (Å²) in [6, 6.07) is 2.52. The van der Waals surface area contributed by atoms with Gasteiger partial charge in [-0.05, 0) is 32.1 Å². The summed E-state index contributed by atoms with van der Waals surface area (Å²) in [5, 5.41) is 3.56. The molecule has 128 valence electrons. The first-order chi connectivity index (χ1) is 11.2. The molecule has 0 spiro atoms. The molecule has 2 aliphatic rings. The van der Waals surface area contributed by atoms with Crippen molar-refractivity contribution < 1.29 is 4.74 Å². The fraction of sp³-hybridized carbons (Fsp3) is 0.765. The Balaban J connectivity index is 1.44. The number of anilines is 2. The van der Waals surface area contributed by atoms with Gasteiger partial charge in [0.2, 0.25) is 0 Å². The van der Waals surface area contributed by atoms with E-state index in [9.17, 15) is 0 Å². The van der Waals surface area contributed by atoms with Gasteiger partial charge in [0.1, 0.15) is 18.0 Å². The van der Waals surface area contributed by atoms with E-state index in [1.54, 1.807) is 6.33 Å². The zero-order valence-corrected chi connectivity index (χ0v) is 14.4. The molecule has 1 unspecified atom stereocenters. The van der Waals surface area contributed by atoms with Crippen LogP contribution < -0.4 is 10.2 Å². The van der Waals surface area contributed by atoms with Crippen molar-refractivity contribution in [2.75, 3.05) is 50.6 Å². The second kappa shape index (κ2) is 7.93. The Kier molecular flexibility index (Phi) is 5.67. The summed E-state index contributed by atoms with van der Waals surface area (Å²) in [6.07, 6.45) is 8.20. The van der Waals surface area contributed by atoms with Crippen molar-refractivity contribution in [2.45, 2.75) is 44.2 Å². The molecule has 1 atom stereocenters. The molecule has 0 radical (unpaired) electrons. The molecule has 6 nitrogen and oxygen atoms in total. The molecule has 2 saturated heterocycles. The standard InChI is InChI=1S/C17H29N5O/c1-21(2)17-11-16(18-13-19-17)20-14-6-8-22(9-7-14)12-15-5-3-4-10-23-15/h11,13-15H,3-10,12H2,1-2H3,(H,18,19,20). The average Bonchev–Trinajstić information content (AvgIpc) is 2.58. The molecular formula is C17H29N5O. The van der Waals surface area contributed by atoms with Gasteiger partial charge in [0.15, 0.2) is 0 Å². The Morgan fingerprint density at radius 1 is 1.22 bits per heavy atom. The summed E-state index contributed by atoms with van der Waals surface area (Å²) in [7, 11) is 4.00. The number of rotatable bonds is 5. The smallest absolute Gasteiger partial charge is 0.133 e. The van der Waals surface area contributed by atoms with E-state index in [4.69, 9.17) is 4.74 Å². The maximum atomic E-state index is 5.86. The van der Waals surface area contributed by atoms with E-state index in [1.807, 2.05) is 25.1 Å². The zero-order chi connectivity index (χ0) is 16.1. The number of aromatic nitrogens is 2. The Morgan fingerprint density at radius 3 is 2.74 bits per heavy atom. The molecule has 3 rings (SSSR count). The van der Waals surface area contributed by atoms with E-state index in [0.717, 1.165) is 50.7 Å². The van der Waals surface area contributed by atoms with Crippen molar-refractivity contribution in [2.24, 2.45) is 0 Å². The van der Waals surface area contributed by atoms with Crippen LogP contribution in [0.4, 0.5) is 11.6 Å². The lowest BCUT2D eigenvalue weighted by Gasteiger charge is -2.35. The average molecular weight is 319 g/mol. The third-order valence-corrected chi connectivity index (χ3v) is 4.79. The van der Waals surface area contributed by atoms with Crippen LogP contribution >= 0.6 is 0 Å². The normalized spacial score (nSPS) is 23.7. The summed E-state index contributed by atoms with van der Waals surface area (Å²) in [5.41, 5.74) is 0.